The molecule has 1 heterocycles. The van der Waals surface area contributed by atoms with Crippen LogP contribution >= 0.6 is 0 Å². The normalized spacial score (nSPS) is 19.0. The summed E-state index contributed by atoms with van der Waals surface area (Å²) in [6.07, 6.45) is 2.04. The summed E-state index contributed by atoms with van der Waals surface area (Å²) in [7, 11) is 1.66. The molecule has 0 aromatic carbocycles. The lowest BCUT2D eigenvalue weighted by atomic mass is 9.85. The molecule has 8 heteroatoms. The minimum atomic E-state index is -4.75. The number of rotatable bonds is 7. The van der Waals surface area contributed by atoms with Gasteiger partial charge in [-0.25, -0.2) is 4.98 Å². The van der Waals surface area contributed by atoms with Crippen molar-refractivity contribution in [1.29, 1.82) is 0 Å². The van der Waals surface area contributed by atoms with Gasteiger partial charge < -0.3 is 15.2 Å². The van der Waals surface area contributed by atoms with E-state index in [1.807, 2.05) is 0 Å². The van der Waals surface area contributed by atoms with E-state index in [0.29, 0.717) is 18.3 Å². The van der Waals surface area contributed by atoms with E-state index in [4.69, 9.17) is 9.84 Å². The van der Waals surface area contributed by atoms with E-state index in [0.717, 1.165) is 12.6 Å². The molecule has 136 valence electrons. The van der Waals surface area contributed by atoms with Crippen LogP contribution in [0.15, 0.2) is 12.4 Å². The van der Waals surface area contributed by atoms with Crippen LogP contribution in [0.25, 0.3) is 0 Å². The Balaban J connectivity index is 1.84. The molecule has 0 bridgehead atoms. The lowest BCUT2D eigenvalue weighted by Crippen LogP contribution is -2.26. The van der Waals surface area contributed by atoms with E-state index in [2.05, 4.69) is 15.3 Å². The molecule has 0 spiro atoms. The Hall–Kier alpha value is -1.41. The Kier molecular flexibility index (Phi) is 6.79. The van der Waals surface area contributed by atoms with E-state index in [1.54, 1.807) is 7.11 Å². The molecule has 2 N–H and O–H groups in total. The maximum atomic E-state index is 12.4. The molecule has 5 nitrogen and oxygen atoms in total. The lowest BCUT2D eigenvalue weighted by molar-refractivity contribution is -0.208. The highest BCUT2D eigenvalue weighted by molar-refractivity contribution is 5.31. The van der Waals surface area contributed by atoms with E-state index >= 15 is 0 Å². The number of aliphatic hydroxyl groups is 1. The average Bonchev–Trinajstić information content (AvgIpc) is 2.58. The minimum Gasteiger partial charge on any atom is -0.380 e. The van der Waals surface area contributed by atoms with Crippen molar-refractivity contribution >= 4 is 5.82 Å². The van der Waals surface area contributed by atoms with Crippen LogP contribution in [0.5, 0.6) is 0 Å². The molecule has 2 unspecified atom stereocenters. The Morgan fingerprint density at radius 3 is 2.50 bits per heavy atom. The molecule has 1 aromatic rings. The third kappa shape index (κ3) is 5.59. The Bertz CT molecular complexity index is 490. The molecule has 1 aliphatic carbocycles. The molecule has 0 radical (unpaired) electrons. The van der Waals surface area contributed by atoms with Gasteiger partial charge in [-0.15, -0.1) is 0 Å². The number of halogens is 3. The zero-order valence-corrected chi connectivity index (χ0v) is 13.7. The van der Waals surface area contributed by atoms with Crippen molar-refractivity contribution in [2.24, 2.45) is 5.92 Å². The Morgan fingerprint density at radius 2 is 1.96 bits per heavy atom. The Morgan fingerprint density at radius 1 is 1.25 bits per heavy atom. The summed E-state index contributed by atoms with van der Waals surface area (Å²) in [5, 5.41) is 12.1. The number of aliphatic hydroxyl groups excluding tert-OH is 1. The highest BCUT2D eigenvalue weighted by Gasteiger charge is 2.40. The first-order valence-corrected chi connectivity index (χ1v) is 8.23. The summed E-state index contributed by atoms with van der Waals surface area (Å²) in [6, 6.07) is 0. The maximum absolute atomic E-state index is 12.4. The van der Waals surface area contributed by atoms with Gasteiger partial charge in [0.2, 0.25) is 0 Å². The molecule has 1 aromatic heterocycles. The van der Waals surface area contributed by atoms with Crippen LogP contribution in [-0.4, -0.2) is 41.0 Å². The van der Waals surface area contributed by atoms with Crippen molar-refractivity contribution in [3.8, 4) is 0 Å². The third-order valence-corrected chi connectivity index (χ3v) is 4.43. The van der Waals surface area contributed by atoms with Gasteiger partial charge in [-0.05, 0) is 12.3 Å². The number of nitrogens with zero attached hydrogens (tertiary/aromatic N) is 2. The Labute approximate surface area is 139 Å². The second-order valence-corrected chi connectivity index (χ2v) is 6.25. The second-order valence-electron chi connectivity index (χ2n) is 6.25. The van der Waals surface area contributed by atoms with Crippen molar-refractivity contribution in [1.82, 2.24) is 9.97 Å². The van der Waals surface area contributed by atoms with Gasteiger partial charge in [0.1, 0.15) is 5.82 Å². The number of ether oxygens (including phenoxy) is 1. The highest BCUT2D eigenvalue weighted by Crippen LogP contribution is 2.31. The van der Waals surface area contributed by atoms with Crippen molar-refractivity contribution in [3.63, 3.8) is 0 Å². The highest BCUT2D eigenvalue weighted by atomic mass is 19.4. The van der Waals surface area contributed by atoms with Crippen LogP contribution in [0.1, 0.15) is 50.3 Å². The van der Waals surface area contributed by atoms with E-state index in [-0.39, 0.29) is 6.10 Å². The molecule has 1 aliphatic rings. The van der Waals surface area contributed by atoms with Gasteiger partial charge in [0.25, 0.3) is 0 Å². The fraction of sp³-hybridized carbons (Fsp3) is 0.750. The first kappa shape index (κ1) is 18.9. The van der Waals surface area contributed by atoms with Gasteiger partial charge in [-0.2, -0.15) is 13.2 Å². The van der Waals surface area contributed by atoms with Crippen LogP contribution < -0.4 is 5.32 Å². The van der Waals surface area contributed by atoms with Crippen molar-refractivity contribution in [3.05, 3.63) is 18.1 Å². The van der Waals surface area contributed by atoms with Crippen LogP contribution in [0.2, 0.25) is 0 Å². The predicted molar refractivity (Wildman–Crippen MR) is 83.5 cm³/mol. The summed E-state index contributed by atoms with van der Waals surface area (Å²) in [5.74, 6) is 1.03. The van der Waals surface area contributed by atoms with E-state index in [1.165, 1.54) is 38.3 Å². The number of hydrogen-bond acceptors (Lipinski definition) is 5. The van der Waals surface area contributed by atoms with Crippen molar-refractivity contribution < 1.29 is 23.0 Å². The predicted octanol–water partition coefficient (Wildman–Crippen LogP) is 3.47. The molecular weight excluding hydrogens is 323 g/mol. The second kappa shape index (κ2) is 8.62. The fourth-order valence-electron chi connectivity index (χ4n) is 3.01. The molecule has 0 amide bonds. The molecule has 1 saturated carbocycles. The number of nitrogens with one attached hydrogen (secondary N) is 1. The number of hydrogen-bond donors (Lipinski definition) is 2. The van der Waals surface area contributed by atoms with Crippen LogP contribution in [-0.2, 0) is 4.74 Å². The van der Waals surface area contributed by atoms with Gasteiger partial charge >= 0.3 is 6.18 Å². The van der Waals surface area contributed by atoms with Gasteiger partial charge in [-0.1, -0.05) is 32.1 Å². The van der Waals surface area contributed by atoms with Crippen LogP contribution in [0.3, 0.4) is 0 Å². The average molecular weight is 347 g/mol. The van der Waals surface area contributed by atoms with Crippen LogP contribution in [0, 0.1) is 5.92 Å². The number of alkyl halides is 3. The van der Waals surface area contributed by atoms with Crippen molar-refractivity contribution in [2.45, 2.75) is 56.9 Å². The lowest BCUT2D eigenvalue weighted by Gasteiger charge is -2.26. The summed E-state index contributed by atoms with van der Waals surface area (Å²) in [4.78, 5) is 7.51. The standard InChI is InChI=1S/C16H24F3N3O2/c1-24-12(7-11-5-3-2-4-6-11)8-21-14-10-20-13(9-22-14)15(23)16(17,18)19/h9-12,15,23H,2-8H2,1H3,(H,21,22). The molecule has 2 atom stereocenters. The van der Waals surface area contributed by atoms with Gasteiger partial charge in [0.15, 0.2) is 6.10 Å². The van der Waals surface area contributed by atoms with Gasteiger partial charge in [-0.3, -0.25) is 4.98 Å². The number of aromatic nitrogens is 2. The molecule has 2 rings (SSSR count). The quantitative estimate of drug-likeness (QED) is 0.790. The summed E-state index contributed by atoms with van der Waals surface area (Å²) in [5.41, 5.74) is -0.515. The van der Waals surface area contributed by atoms with Crippen molar-refractivity contribution in [2.75, 3.05) is 19.0 Å². The zero-order chi connectivity index (χ0) is 17.6. The number of methoxy groups -OCH3 is 1. The van der Waals surface area contributed by atoms with Crippen LogP contribution in [0.4, 0.5) is 19.0 Å². The largest absolute Gasteiger partial charge is 0.420 e. The first-order chi connectivity index (χ1) is 11.4. The topological polar surface area (TPSA) is 67.3 Å². The monoisotopic (exact) mass is 347 g/mol. The van der Waals surface area contributed by atoms with Gasteiger partial charge in [0, 0.05) is 13.7 Å². The molecule has 1 fully saturated rings. The SMILES string of the molecule is COC(CNc1cnc(C(O)C(F)(F)F)cn1)CC1CCCCC1. The van der Waals surface area contributed by atoms with E-state index in [9.17, 15) is 13.2 Å². The molecule has 0 saturated heterocycles. The molecule has 24 heavy (non-hydrogen) atoms. The number of anilines is 1. The summed E-state index contributed by atoms with van der Waals surface area (Å²) >= 11 is 0. The molecular formula is C16H24F3N3O2. The van der Waals surface area contributed by atoms with E-state index < -0.39 is 18.0 Å². The summed E-state index contributed by atoms with van der Waals surface area (Å²) < 4.78 is 42.7. The smallest absolute Gasteiger partial charge is 0.380 e. The maximum Gasteiger partial charge on any atom is 0.420 e. The first-order valence-electron chi connectivity index (χ1n) is 8.23. The van der Waals surface area contributed by atoms with Gasteiger partial charge in [0.05, 0.1) is 24.2 Å². The molecule has 0 aliphatic heterocycles. The minimum absolute atomic E-state index is 0.0235. The fourth-order valence-corrected chi connectivity index (χ4v) is 3.01. The third-order valence-electron chi connectivity index (χ3n) is 4.43. The zero-order valence-electron chi connectivity index (χ0n) is 13.7. The summed E-state index contributed by atoms with van der Waals surface area (Å²) in [6.45, 7) is 0.517.